The third kappa shape index (κ3) is 1.91. The molecule has 0 aromatic carbocycles. The quantitative estimate of drug-likeness (QED) is 0.368. The van der Waals surface area contributed by atoms with E-state index in [2.05, 4.69) is 0 Å². The first-order chi connectivity index (χ1) is 4.72. The summed E-state index contributed by atoms with van der Waals surface area (Å²) in [6, 6.07) is -0.154. The lowest BCUT2D eigenvalue weighted by Gasteiger charge is -2.28. The summed E-state index contributed by atoms with van der Waals surface area (Å²) in [6.45, 7) is 0. The van der Waals surface area contributed by atoms with Crippen molar-refractivity contribution in [3.05, 3.63) is 0 Å². The molecule has 0 radical (unpaired) electrons. The van der Waals surface area contributed by atoms with Crippen LogP contribution in [-0.2, 0) is 0 Å². The third-order valence-corrected chi connectivity index (χ3v) is 1.84. The van der Waals surface area contributed by atoms with Crippen LogP contribution < -0.4 is 5.48 Å². The first-order valence-corrected chi connectivity index (χ1v) is 3.48. The number of hydrogen-bond acceptors (Lipinski definition) is 4. The number of aliphatic hydroxyl groups excluding tert-OH is 2. The summed E-state index contributed by atoms with van der Waals surface area (Å²) in [7, 11) is 0. The van der Waals surface area contributed by atoms with Crippen molar-refractivity contribution >= 4 is 0 Å². The fourth-order valence-electron chi connectivity index (χ4n) is 1.36. The number of aliphatic hydroxyl groups is 2. The van der Waals surface area contributed by atoms with Crippen LogP contribution >= 0.6 is 0 Å². The van der Waals surface area contributed by atoms with E-state index in [4.69, 9.17) is 15.4 Å². The van der Waals surface area contributed by atoms with Crippen molar-refractivity contribution in [1.29, 1.82) is 0 Å². The van der Waals surface area contributed by atoms with Gasteiger partial charge in [0.05, 0.1) is 12.2 Å². The monoisotopic (exact) mass is 147 g/mol. The second kappa shape index (κ2) is 3.30. The van der Waals surface area contributed by atoms with Crippen molar-refractivity contribution in [2.24, 2.45) is 0 Å². The molecule has 0 aliphatic heterocycles. The van der Waals surface area contributed by atoms with Gasteiger partial charge in [0.15, 0.2) is 0 Å². The Kier molecular flexibility index (Phi) is 2.62. The SMILES string of the molecule is ONC1CC(O)CC(O)C1. The maximum Gasteiger partial charge on any atom is 0.0580 e. The fourth-order valence-corrected chi connectivity index (χ4v) is 1.36. The Hall–Kier alpha value is -0.160. The molecule has 1 saturated carbocycles. The van der Waals surface area contributed by atoms with E-state index in [-0.39, 0.29) is 6.04 Å². The lowest BCUT2D eigenvalue weighted by Crippen LogP contribution is -2.39. The van der Waals surface area contributed by atoms with Gasteiger partial charge in [-0.1, -0.05) is 0 Å². The highest BCUT2D eigenvalue weighted by Crippen LogP contribution is 2.18. The molecule has 4 nitrogen and oxygen atoms in total. The molecule has 10 heavy (non-hydrogen) atoms. The van der Waals surface area contributed by atoms with Crippen molar-refractivity contribution in [2.45, 2.75) is 37.5 Å². The molecule has 0 spiro atoms. The van der Waals surface area contributed by atoms with Gasteiger partial charge in [-0.2, -0.15) is 0 Å². The highest BCUT2D eigenvalue weighted by atomic mass is 16.5. The van der Waals surface area contributed by atoms with Crippen LogP contribution in [0, 0.1) is 0 Å². The summed E-state index contributed by atoms with van der Waals surface area (Å²) in [5, 5.41) is 26.6. The summed E-state index contributed by atoms with van der Waals surface area (Å²) < 4.78 is 0. The van der Waals surface area contributed by atoms with E-state index >= 15 is 0 Å². The molecule has 2 atom stereocenters. The van der Waals surface area contributed by atoms with Gasteiger partial charge in [-0.25, -0.2) is 5.48 Å². The van der Waals surface area contributed by atoms with Gasteiger partial charge in [0.25, 0.3) is 0 Å². The summed E-state index contributed by atoms with van der Waals surface area (Å²) in [5.41, 5.74) is 2.04. The zero-order chi connectivity index (χ0) is 7.56. The van der Waals surface area contributed by atoms with Crippen LogP contribution in [0.2, 0.25) is 0 Å². The number of rotatable bonds is 1. The summed E-state index contributed by atoms with van der Waals surface area (Å²) in [4.78, 5) is 0. The molecule has 60 valence electrons. The molecule has 0 aromatic heterocycles. The Balaban J connectivity index is 2.35. The molecule has 1 fully saturated rings. The van der Waals surface area contributed by atoms with Crippen molar-refractivity contribution < 1.29 is 15.4 Å². The summed E-state index contributed by atoms with van der Waals surface area (Å²) in [6.07, 6.45) is 0.515. The van der Waals surface area contributed by atoms with E-state index < -0.39 is 12.2 Å². The lowest BCUT2D eigenvalue weighted by molar-refractivity contribution is -0.00741. The van der Waals surface area contributed by atoms with Gasteiger partial charge in [-0.05, 0) is 19.3 Å². The molecule has 0 bridgehead atoms. The molecule has 2 unspecified atom stereocenters. The van der Waals surface area contributed by atoms with E-state index in [1.54, 1.807) is 0 Å². The molecule has 1 aliphatic rings. The zero-order valence-electron chi connectivity index (χ0n) is 5.70. The molecule has 1 aliphatic carbocycles. The molecule has 4 N–H and O–H groups in total. The van der Waals surface area contributed by atoms with Crippen LogP contribution in [0.4, 0.5) is 0 Å². The van der Waals surface area contributed by atoms with E-state index in [0.717, 1.165) is 0 Å². The Morgan fingerprint density at radius 3 is 1.90 bits per heavy atom. The van der Waals surface area contributed by atoms with Gasteiger partial charge in [-0.15, -0.1) is 0 Å². The Bertz CT molecular complexity index is 99.2. The molecule has 1 rings (SSSR count). The van der Waals surface area contributed by atoms with Gasteiger partial charge in [0.2, 0.25) is 0 Å². The summed E-state index contributed by atoms with van der Waals surface area (Å²) >= 11 is 0. The Labute approximate surface area is 59.4 Å². The van der Waals surface area contributed by atoms with E-state index in [1.165, 1.54) is 0 Å². The number of hydrogen-bond donors (Lipinski definition) is 4. The second-order valence-corrected chi connectivity index (χ2v) is 2.84. The average Bonchev–Trinajstić information content (AvgIpc) is 1.85. The van der Waals surface area contributed by atoms with Crippen molar-refractivity contribution in [3.8, 4) is 0 Å². The van der Waals surface area contributed by atoms with E-state index in [0.29, 0.717) is 19.3 Å². The molecule has 0 amide bonds. The largest absolute Gasteiger partial charge is 0.393 e. The van der Waals surface area contributed by atoms with Gasteiger partial charge in [0.1, 0.15) is 0 Å². The minimum Gasteiger partial charge on any atom is -0.393 e. The van der Waals surface area contributed by atoms with Gasteiger partial charge >= 0.3 is 0 Å². The van der Waals surface area contributed by atoms with Crippen LogP contribution in [0.15, 0.2) is 0 Å². The third-order valence-electron chi connectivity index (χ3n) is 1.84. The second-order valence-electron chi connectivity index (χ2n) is 2.84. The highest BCUT2D eigenvalue weighted by Gasteiger charge is 2.25. The number of nitrogens with one attached hydrogen (secondary N) is 1. The summed E-state index contributed by atoms with van der Waals surface area (Å²) in [5.74, 6) is 0. The minimum absolute atomic E-state index is 0.154. The van der Waals surface area contributed by atoms with Crippen LogP contribution in [-0.4, -0.2) is 33.7 Å². The maximum absolute atomic E-state index is 9.07. The van der Waals surface area contributed by atoms with E-state index in [9.17, 15) is 0 Å². The van der Waals surface area contributed by atoms with Crippen molar-refractivity contribution in [3.63, 3.8) is 0 Å². The molecular weight excluding hydrogens is 134 g/mol. The number of hydroxylamine groups is 1. The van der Waals surface area contributed by atoms with Gasteiger partial charge in [0, 0.05) is 6.04 Å². The smallest absolute Gasteiger partial charge is 0.0580 e. The highest BCUT2D eigenvalue weighted by molar-refractivity contribution is 4.80. The van der Waals surface area contributed by atoms with E-state index in [1.807, 2.05) is 5.48 Å². The molecule has 0 aromatic rings. The van der Waals surface area contributed by atoms with Crippen LogP contribution in [0.25, 0.3) is 0 Å². The first kappa shape index (κ1) is 7.94. The van der Waals surface area contributed by atoms with Gasteiger partial charge < -0.3 is 15.4 Å². The predicted octanol–water partition coefficient (Wildman–Crippen LogP) is -0.761. The Morgan fingerprint density at radius 2 is 1.50 bits per heavy atom. The minimum atomic E-state index is -0.478. The maximum atomic E-state index is 9.07. The zero-order valence-corrected chi connectivity index (χ0v) is 5.70. The molecule has 4 heteroatoms. The fraction of sp³-hybridized carbons (Fsp3) is 1.00. The molecular formula is C6H13NO3. The van der Waals surface area contributed by atoms with Crippen LogP contribution in [0.3, 0.4) is 0 Å². The average molecular weight is 147 g/mol. The van der Waals surface area contributed by atoms with Gasteiger partial charge in [-0.3, -0.25) is 0 Å². The normalized spacial score (nSPS) is 41.7. The molecule has 0 saturated heterocycles. The lowest BCUT2D eigenvalue weighted by atomic mass is 9.91. The molecule has 0 heterocycles. The Morgan fingerprint density at radius 1 is 1.00 bits per heavy atom. The predicted molar refractivity (Wildman–Crippen MR) is 34.6 cm³/mol. The van der Waals surface area contributed by atoms with Crippen molar-refractivity contribution in [1.82, 2.24) is 5.48 Å². The van der Waals surface area contributed by atoms with Crippen molar-refractivity contribution in [2.75, 3.05) is 0 Å². The first-order valence-electron chi connectivity index (χ1n) is 3.48. The van der Waals surface area contributed by atoms with Crippen LogP contribution in [0.5, 0.6) is 0 Å². The van der Waals surface area contributed by atoms with Crippen LogP contribution in [0.1, 0.15) is 19.3 Å². The standard InChI is InChI=1S/C6H13NO3/c8-5-1-4(7-10)2-6(9)3-5/h4-10H,1-3H2. The topological polar surface area (TPSA) is 72.7 Å².